The average Bonchev–Trinajstić information content (AvgIpc) is 2.34. The summed E-state index contributed by atoms with van der Waals surface area (Å²) < 4.78 is 41.9. The number of anilines is 1. The number of nitrogen functional groups attached to an aromatic ring is 1. The quantitative estimate of drug-likeness (QED) is 0.768. The molecule has 20 heavy (non-hydrogen) atoms. The van der Waals surface area contributed by atoms with Crippen molar-refractivity contribution in [3.05, 3.63) is 24.3 Å². The first-order valence-corrected chi connectivity index (χ1v) is 5.75. The van der Waals surface area contributed by atoms with Gasteiger partial charge in [0.1, 0.15) is 12.3 Å². The molecule has 0 aliphatic rings. The van der Waals surface area contributed by atoms with Crippen LogP contribution in [0.15, 0.2) is 24.3 Å². The number of rotatable bonds is 6. The van der Waals surface area contributed by atoms with E-state index in [4.69, 9.17) is 15.6 Å². The highest BCUT2D eigenvalue weighted by atomic mass is 19.4. The van der Waals surface area contributed by atoms with Gasteiger partial charge in [-0.25, -0.2) is 0 Å². The normalized spacial score (nSPS) is 11.2. The summed E-state index contributed by atoms with van der Waals surface area (Å²) in [5.41, 5.74) is 5.91. The molecule has 0 bridgehead atoms. The van der Waals surface area contributed by atoms with E-state index in [1.54, 1.807) is 12.1 Å². The minimum absolute atomic E-state index is 0.286. The van der Waals surface area contributed by atoms with E-state index in [0.29, 0.717) is 10.6 Å². The smallest absolute Gasteiger partial charge is 0.406 e. The minimum atomic E-state index is -4.53. The Hall–Kier alpha value is -1.96. The molecule has 0 atom stereocenters. The molecule has 0 aromatic heterocycles. The summed E-state index contributed by atoms with van der Waals surface area (Å²) >= 11 is 0. The van der Waals surface area contributed by atoms with Gasteiger partial charge in [0.2, 0.25) is 0 Å². The highest BCUT2D eigenvalue weighted by molar-refractivity contribution is 5.77. The zero-order chi connectivity index (χ0) is 15.2. The fourth-order valence-corrected chi connectivity index (χ4v) is 1.47. The van der Waals surface area contributed by atoms with Crippen molar-refractivity contribution in [1.29, 1.82) is 0 Å². The molecule has 112 valence electrons. The molecule has 1 amide bonds. The van der Waals surface area contributed by atoms with E-state index in [1.807, 2.05) is 0 Å². The molecule has 1 rings (SSSR count). The Morgan fingerprint density at radius 2 is 2.10 bits per heavy atom. The van der Waals surface area contributed by atoms with Crippen molar-refractivity contribution in [2.75, 3.05) is 32.0 Å². The molecule has 0 fully saturated rings. The van der Waals surface area contributed by atoms with Crippen molar-refractivity contribution < 1.29 is 27.8 Å². The third-order valence-electron chi connectivity index (χ3n) is 2.31. The van der Waals surface area contributed by atoms with Crippen LogP contribution in [0, 0.1) is 0 Å². The van der Waals surface area contributed by atoms with E-state index in [2.05, 4.69) is 0 Å². The number of nitrogens with zero attached hydrogens (tertiary/aromatic N) is 1. The summed E-state index contributed by atoms with van der Waals surface area (Å²) in [7, 11) is 0. The van der Waals surface area contributed by atoms with Gasteiger partial charge in [0, 0.05) is 18.3 Å². The minimum Gasteiger partial charge on any atom is -0.484 e. The second kappa shape index (κ2) is 6.99. The Balaban J connectivity index is 2.58. The standard InChI is InChI=1S/C12H15F3N2O3/c13-12(14,15)8-17(4-5-18)11(19)7-20-10-3-1-2-9(16)6-10/h1-3,6,18H,4-5,7-8,16H2. The second-order valence-electron chi connectivity index (χ2n) is 4.02. The first kappa shape index (κ1) is 16.1. The Kier molecular flexibility index (Phi) is 5.63. The Morgan fingerprint density at radius 1 is 1.40 bits per heavy atom. The summed E-state index contributed by atoms with van der Waals surface area (Å²) in [5.74, 6) is -0.576. The van der Waals surface area contributed by atoms with Gasteiger partial charge in [-0.2, -0.15) is 13.2 Å². The van der Waals surface area contributed by atoms with Crippen LogP contribution in [0.2, 0.25) is 0 Å². The lowest BCUT2D eigenvalue weighted by molar-refractivity contribution is -0.163. The Labute approximate surface area is 113 Å². The SMILES string of the molecule is Nc1cccc(OCC(=O)N(CCO)CC(F)(F)F)c1. The number of aliphatic hydroxyl groups excluding tert-OH is 1. The second-order valence-corrected chi connectivity index (χ2v) is 4.02. The molecule has 0 saturated heterocycles. The van der Waals surface area contributed by atoms with Crippen molar-refractivity contribution in [2.24, 2.45) is 0 Å². The predicted octanol–water partition coefficient (Wildman–Crippen LogP) is 1.03. The lowest BCUT2D eigenvalue weighted by atomic mass is 10.3. The summed E-state index contributed by atoms with van der Waals surface area (Å²) in [6.45, 7) is -2.94. The highest BCUT2D eigenvalue weighted by Crippen LogP contribution is 2.17. The zero-order valence-electron chi connectivity index (χ0n) is 10.6. The number of carbonyl (C=O) groups is 1. The predicted molar refractivity (Wildman–Crippen MR) is 66.1 cm³/mol. The van der Waals surface area contributed by atoms with Gasteiger partial charge >= 0.3 is 6.18 Å². The van der Waals surface area contributed by atoms with E-state index in [1.165, 1.54) is 12.1 Å². The lowest BCUT2D eigenvalue weighted by Gasteiger charge is -2.23. The summed E-state index contributed by atoms with van der Waals surface area (Å²) in [6, 6.07) is 6.18. The van der Waals surface area contributed by atoms with E-state index < -0.39 is 38.4 Å². The maximum absolute atomic E-state index is 12.3. The van der Waals surface area contributed by atoms with Crippen LogP contribution in [0.3, 0.4) is 0 Å². The molecule has 1 aromatic carbocycles. The van der Waals surface area contributed by atoms with Gasteiger partial charge in [-0.3, -0.25) is 4.79 Å². The fourth-order valence-electron chi connectivity index (χ4n) is 1.47. The number of ether oxygens (including phenoxy) is 1. The topological polar surface area (TPSA) is 75.8 Å². The molecular formula is C12H15F3N2O3. The third kappa shape index (κ3) is 5.79. The van der Waals surface area contributed by atoms with Gasteiger partial charge in [0.05, 0.1) is 6.61 Å². The number of halogens is 3. The average molecular weight is 292 g/mol. The van der Waals surface area contributed by atoms with Gasteiger partial charge in [0.15, 0.2) is 6.61 Å². The monoisotopic (exact) mass is 292 g/mol. The fraction of sp³-hybridized carbons (Fsp3) is 0.417. The van der Waals surface area contributed by atoms with Gasteiger partial charge in [-0.15, -0.1) is 0 Å². The molecule has 0 radical (unpaired) electrons. The first-order chi connectivity index (χ1) is 9.31. The lowest BCUT2D eigenvalue weighted by Crippen LogP contribution is -2.42. The molecule has 3 N–H and O–H groups in total. The number of hydrogen-bond acceptors (Lipinski definition) is 4. The van der Waals surface area contributed by atoms with Crippen LogP contribution >= 0.6 is 0 Å². The molecule has 0 aliphatic carbocycles. The molecule has 0 spiro atoms. The molecule has 1 aromatic rings. The number of alkyl halides is 3. The highest BCUT2D eigenvalue weighted by Gasteiger charge is 2.32. The maximum Gasteiger partial charge on any atom is 0.406 e. The molecule has 0 heterocycles. The van der Waals surface area contributed by atoms with Crippen LogP contribution < -0.4 is 10.5 Å². The number of hydrogen-bond donors (Lipinski definition) is 2. The molecule has 0 unspecified atom stereocenters. The summed E-state index contributed by atoms with van der Waals surface area (Å²) in [6.07, 6.45) is -4.53. The van der Waals surface area contributed by atoms with Crippen LogP contribution in [0.1, 0.15) is 0 Å². The number of aliphatic hydroxyl groups is 1. The molecule has 0 aliphatic heterocycles. The van der Waals surface area contributed by atoms with Crippen molar-refractivity contribution in [1.82, 2.24) is 4.90 Å². The van der Waals surface area contributed by atoms with Gasteiger partial charge in [-0.05, 0) is 12.1 Å². The first-order valence-electron chi connectivity index (χ1n) is 5.75. The number of benzene rings is 1. The molecule has 8 heteroatoms. The van der Waals surface area contributed by atoms with Crippen molar-refractivity contribution in [2.45, 2.75) is 6.18 Å². The Bertz CT molecular complexity index is 452. The maximum atomic E-state index is 12.3. The summed E-state index contributed by atoms with van der Waals surface area (Å²) in [4.78, 5) is 12.1. The number of amides is 1. The molecule has 0 saturated carbocycles. The third-order valence-corrected chi connectivity index (χ3v) is 2.31. The largest absolute Gasteiger partial charge is 0.484 e. The van der Waals surface area contributed by atoms with Gasteiger partial charge in [0.25, 0.3) is 5.91 Å². The van der Waals surface area contributed by atoms with Crippen molar-refractivity contribution in [3.63, 3.8) is 0 Å². The van der Waals surface area contributed by atoms with E-state index >= 15 is 0 Å². The zero-order valence-corrected chi connectivity index (χ0v) is 10.6. The van der Waals surface area contributed by atoms with Crippen LogP contribution in [0.4, 0.5) is 18.9 Å². The van der Waals surface area contributed by atoms with E-state index in [-0.39, 0.29) is 5.75 Å². The van der Waals surface area contributed by atoms with E-state index in [9.17, 15) is 18.0 Å². The van der Waals surface area contributed by atoms with E-state index in [0.717, 1.165) is 0 Å². The number of carbonyl (C=O) groups excluding carboxylic acids is 1. The molecular weight excluding hydrogens is 277 g/mol. The van der Waals surface area contributed by atoms with Crippen molar-refractivity contribution >= 4 is 11.6 Å². The van der Waals surface area contributed by atoms with Gasteiger partial charge < -0.3 is 20.5 Å². The van der Waals surface area contributed by atoms with Crippen LogP contribution in [-0.2, 0) is 4.79 Å². The van der Waals surface area contributed by atoms with Crippen LogP contribution in [0.25, 0.3) is 0 Å². The van der Waals surface area contributed by atoms with Gasteiger partial charge in [-0.1, -0.05) is 6.07 Å². The van der Waals surface area contributed by atoms with Crippen LogP contribution in [-0.4, -0.2) is 48.4 Å². The number of nitrogens with two attached hydrogens (primary N) is 1. The van der Waals surface area contributed by atoms with Crippen LogP contribution in [0.5, 0.6) is 5.75 Å². The molecule has 5 nitrogen and oxygen atoms in total. The Morgan fingerprint density at radius 3 is 2.65 bits per heavy atom. The van der Waals surface area contributed by atoms with Crippen molar-refractivity contribution in [3.8, 4) is 5.75 Å². The summed E-state index contributed by atoms with van der Waals surface area (Å²) in [5, 5.41) is 8.69.